The molecule has 0 saturated carbocycles. The zero-order chi connectivity index (χ0) is 10.1. The Bertz CT molecular complexity index is 119. The summed E-state index contributed by atoms with van der Waals surface area (Å²) in [6.07, 6.45) is 1.37. The van der Waals surface area contributed by atoms with Crippen molar-refractivity contribution in [3.63, 3.8) is 0 Å². The van der Waals surface area contributed by atoms with Crippen molar-refractivity contribution < 1.29 is 0 Å². The quantitative estimate of drug-likeness (QED) is 0.681. The summed E-state index contributed by atoms with van der Waals surface area (Å²) in [5, 5.41) is 3.48. The molecule has 14 heavy (non-hydrogen) atoms. The van der Waals surface area contributed by atoms with Gasteiger partial charge in [-0.3, -0.25) is 0 Å². The standard InChI is InChI=1S/C10H22N2S2/c1-12-5-3-11-4-9-13-7-2-8-14-10-6-12/h11H,2-10H2,1H3. The number of rotatable bonds is 0. The van der Waals surface area contributed by atoms with Crippen LogP contribution in [-0.4, -0.2) is 61.1 Å². The fourth-order valence-corrected chi connectivity index (χ4v) is 3.36. The van der Waals surface area contributed by atoms with Crippen LogP contribution in [0.15, 0.2) is 0 Å². The third-order valence-electron chi connectivity index (χ3n) is 2.29. The number of nitrogens with zero attached hydrogens (tertiary/aromatic N) is 1. The Morgan fingerprint density at radius 3 is 2.57 bits per heavy atom. The van der Waals surface area contributed by atoms with E-state index in [0.717, 1.165) is 6.54 Å². The van der Waals surface area contributed by atoms with Gasteiger partial charge in [0.25, 0.3) is 0 Å². The molecule has 1 aliphatic heterocycles. The van der Waals surface area contributed by atoms with E-state index in [4.69, 9.17) is 0 Å². The molecular weight excluding hydrogens is 212 g/mol. The molecule has 1 rings (SSSR count). The molecule has 0 aliphatic carbocycles. The Morgan fingerprint density at radius 1 is 0.929 bits per heavy atom. The summed E-state index contributed by atoms with van der Waals surface area (Å²) < 4.78 is 0. The van der Waals surface area contributed by atoms with Crippen LogP contribution in [0.1, 0.15) is 6.42 Å². The first kappa shape index (κ1) is 12.7. The number of likely N-dealkylation sites (N-methyl/N-ethyl adjacent to an activating group) is 1. The summed E-state index contributed by atoms with van der Waals surface area (Å²) in [6.45, 7) is 4.73. The lowest BCUT2D eigenvalue weighted by molar-refractivity contribution is 0.353. The van der Waals surface area contributed by atoms with Gasteiger partial charge in [0.05, 0.1) is 0 Å². The van der Waals surface area contributed by atoms with Gasteiger partial charge in [0.15, 0.2) is 0 Å². The number of nitrogens with one attached hydrogen (secondary N) is 1. The van der Waals surface area contributed by atoms with E-state index < -0.39 is 0 Å². The maximum Gasteiger partial charge on any atom is 0.0104 e. The lowest BCUT2D eigenvalue weighted by atomic mass is 10.5. The molecule has 0 bridgehead atoms. The molecule has 1 heterocycles. The minimum Gasteiger partial charge on any atom is -0.315 e. The minimum absolute atomic E-state index is 1.14. The smallest absolute Gasteiger partial charge is 0.0104 e. The molecule has 1 aliphatic rings. The van der Waals surface area contributed by atoms with E-state index in [0.29, 0.717) is 0 Å². The maximum absolute atomic E-state index is 3.48. The van der Waals surface area contributed by atoms with E-state index in [1.165, 1.54) is 49.1 Å². The summed E-state index contributed by atoms with van der Waals surface area (Å²) in [5.41, 5.74) is 0. The first-order valence-electron chi connectivity index (χ1n) is 5.44. The molecular formula is C10H22N2S2. The average Bonchev–Trinajstić information content (AvgIpc) is 2.20. The third kappa shape index (κ3) is 6.98. The molecule has 84 valence electrons. The summed E-state index contributed by atoms with van der Waals surface area (Å²) in [6, 6.07) is 0. The molecule has 4 heteroatoms. The normalized spacial score (nSPS) is 24.6. The Morgan fingerprint density at radius 2 is 1.71 bits per heavy atom. The lowest BCUT2D eigenvalue weighted by Gasteiger charge is -2.16. The predicted octanol–water partition coefficient (Wildman–Crippen LogP) is 1.38. The Hall–Kier alpha value is 0.620. The zero-order valence-corrected chi connectivity index (χ0v) is 10.8. The molecule has 0 aromatic rings. The number of hydrogen-bond donors (Lipinski definition) is 1. The van der Waals surface area contributed by atoms with Crippen LogP contribution < -0.4 is 5.32 Å². The van der Waals surface area contributed by atoms with Crippen LogP contribution >= 0.6 is 23.5 Å². The lowest BCUT2D eigenvalue weighted by Crippen LogP contribution is -2.31. The van der Waals surface area contributed by atoms with Crippen LogP contribution in [0, 0.1) is 0 Å². The van der Waals surface area contributed by atoms with E-state index in [1.54, 1.807) is 0 Å². The molecule has 1 fully saturated rings. The average molecular weight is 234 g/mol. The maximum atomic E-state index is 3.48. The molecule has 0 unspecified atom stereocenters. The van der Waals surface area contributed by atoms with Gasteiger partial charge in [-0.2, -0.15) is 23.5 Å². The van der Waals surface area contributed by atoms with Crippen molar-refractivity contribution in [3.05, 3.63) is 0 Å². The van der Waals surface area contributed by atoms with Gasteiger partial charge in [-0.15, -0.1) is 0 Å². The van der Waals surface area contributed by atoms with Crippen LogP contribution in [0.3, 0.4) is 0 Å². The highest BCUT2D eigenvalue weighted by molar-refractivity contribution is 8.00. The van der Waals surface area contributed by atoms with E-state index in [1.807, 2.05) is 0 Å². The van der Waals surface area contributed by atoms with Crippen molar-refractivity contribution >= 4 is 23.5 Å². The van der Waals surface area contributed by atoms with E-state index in [-0.39, 0.29) is 0 Å². The summed E-state index contributed by atoms with van der Waals surface area (Å²) in [5.74, 6) is 5.24. The molecule has 2 nitrogen and oxygen atoms in total. The second-order valence-corrected chi connectivity index (χ2v) is 6.08. The second-order valence-electron chi connectivity index (χ2n) is 3.63. The molecule has 1 N–H and O–H groups in total. The van der Waals surface area contributed by atoms with Crippen LogP contribution in [0.25, 0.3) is 0 Å². The van der Waals surface area contributed by atoms with Gasteiger partial charge < -0.3 is 10.2 Å². The Labute approximate surface area is 96.6 Å². The van der Waals surface area contributed by atoms with E-state index in [9.17, 15) is 0 Å². The van der Waals surface area contributed by atoms with Gasteiger partial charge in [0, 0.05) is 37.7 Å². The van der Waals surface area contributed by atoms with Crippen LogP contribution in [-0.2, 0) is 0 Å². The van der Waals surface area contributed by atoms with Crippen molar-refractivity contribution in [3.8, 4) is 0 Å². The number of hydrogen-bond acceptors (Lipinski definition) is 4. The SMILES string of the molecule is CN1CCNCCSCCCSCC1. The largest absolute Gasteiger partial charge is 0.315 e. The molecule has 0 amide bonds. The molecule has 0 aromatic heterocycles. The fraction of sp³-hybridized carbons (Fsp3) is 1.00. The Balaban J connectivity index is 2.12. The van der Waals surface area contributed by atoms with Crippen molar-refractivity contribution in [2.75, 3.05) is 56.2 Å². The summed E-state index contributed by atoms with van der Waals surface area (Å²) in [7, 11) is 2.22. The first-order valence-corrected chi connectivity index (χ1v) is 7.75. The van der Waals surface area contributed by atoms with Crippen molar-refractivity contribution in [1.82, 2.24) is 10.2 Å². The minimum atomic E-state index is 1.14. The highest BCUT2D eigenvalue weighted by atomic mass is 32.2. The fourth-order valence-electron chi connectivity index (χ4n) is 1.34. The monoisotopic (exact) mass is 234 g/mol. The summed E-state index contributed by atoms with van der Waals surface area (Å²) >= 11 is 4.19. The zero-order valence-electron chi connectivity index (χ0n) is 9.13. The summed E-state index contributed by atoms with van der Waals surface area (Å²) in [4.78, 5) is 2.42. The third-order valence-corrected chi connectivity index (χ3v) is 4.41. The van der Waals surface area contributed by atoms with Crippen molar-refractivity contribution in [2.45, 2.75) is 6.42 Å². The number of thioether (sulfide) groups is 2. The topological polar surface area (TPSA) is 15.3 Å². The molecule has 0 spiro atoms. The van der Waals surface area contributed by atoms with Gasteiger partial charge in [-0.1, -0.05) is 0 Å². The van der Waals surface area contributed by atoms with Crippen LogP contribution in [0.4, 0.5) is 0 Å². The van der Waals surface area contributed by atoms with Gasteiger partial charge in [0.2, 0.25) is 0 Å². The van der Waals surface area contributed by atoms with Crippen LogP contribution in [0.5, 0.6) is 0 Å². The molecule has 0 radical (unpaired) electrons. The Kier molecular flexibility index (Phi) is 8.06. The molecule has 1 saturated heterocycles. The van der Waals surface area contributed by atoms with Gasteiger partial charge in [-0.25, -0.2) is 0 Å². The second kappa shape index (κ2) is 8.89. The molecule has 0 atom stereocenters. The van der Waals surface area contributed by atoms with Crippen LogP contribution in [0.2, 0.25) is 0 Å². The highest BCUT2D eigenvalue weighted by Crippen LogP contribution is 2.08. The van der Waals surface area contributed by atoms with Gasteiger partial charge in [0.1, 0.15) is 0 Å². The van der Waals surface area contributed by atoms with Crippen molar-refractivity contribution in [2.24, 2.45) is 0 Å². The first-order chi connectivity index (χ1) is 6.89. The van der Waals surface area contributed by atoms with Gasteiger partial charge >= 0.3 is 0 Å². The predicted molar refractivity (Wildman–Crippen MR) is 69.6 cm³/mol. The van der Waals surface area contributed by atoms with Crippen molar-refractivity contribution in [1.29, 1.82) is 0 Å². The highest BCUT2D eigenvalue weighted by Gasteiger charge is 1.99. The molecule has 0 aromatic carbocycles. The van der Waals surface area contributed by atoms with E-state index in [2.05, 4.69) is 40.8 Å². The van der Waals surface area contributed by atoms with E-state index >= 15 is 0 Å². The van der Waals surface area contributed by atoms with Gasteiger partial charge in [-0.05, 0) is 25.0 Å².